The van der Waals surface area contributed by atoms with Crippen LogP contribution < -0.4 is 5.73 Å². The molecule has 0 aromatic rings. The average Bonchev–Trinajstić information content (AvgIpc) is 2.21. The number of nitrogens with zero attached hydrogens (tertiary/aromatic N) is 1. The first kappa shape index (κ1) is 10.7. The number of β-lactam (4-membered cyclic amide) rings is 1. The molecule has 0 aliphatic carbocycles. The van der Waals surface area contributed by atoms with Crippen molar-refractivity contribution in [1.29, 1.82) is 0 Å². The van der Waals surface area contributed by atoms with Crippen LogP contribution in [0.2, 0.25) is 0 Å². The Labute approximate surface area is 89.6 Å². The van der Waals surface area contributed by atoms with Crippen molar-refractivity contribution in [1.82, 2.24) is 4.90 Å². The second-order valence-electron chi connectivity index (χ2n) is 4.40. The lowest BCUT2D eigenvalue weighted by Crippen LogP contribution is -2.70. The third kappa shape index (κ3) is 1.03. The maximum atomic E-state index is 12.0. The number of hydrogen-bond donors (Lipinski definition) is 2. The smallest absolute Gasteiger partial charge is 0.332 e. The minimum absolute atomic E-state index is 0.0349. The molecule has 3 N–H and O–H groups in total. The Bertz CT molecular complexity index is 359. The van der Waals surface area contributed by atoms with Crippen molar-refractivity contribution in [2.75, 3.05) is 0 Å². The zero-order chi connectivity index (χ0) is 11.6. The second-order valence-corrected chi connectivity index (χ2v) is 6.69. The van der Waals surface area contributed by atoms with Crippen LogP contribution in [-0.2, 0) is 20.8 Å². The molecule has 0 radical (unpaired) electrons. The minimum atomic E-state index is -1.56. The lowest BCUT2D eigenvalue weighted by atomic mass is 9.97. The van der Waals surface area contributed by atoms with E-state index in [-0.39, 0.29) is 12.3 Å². The van der Waals surface area contributed by atoms with E-state index in [4.69, 9.17) is 10.8 Å². The van der Waals surface area contributed by atoms with Gasteiger partial charge in [0.05, 0.1) is 0 Å². The van der Waals surface area contributed by atoms with Crippen molar-refractivity contribution in [3.05, 3.63) is 0 Å². The molecular weight excluding hydrogens is 220 g/mol. The Balaban J connectivity index is 2.47. The van der Waals surface area contributed by atoms with E-state index in [2.05, 4.69) is 0 Å². The normalized spacial score (nSPS) is 42.4. The zero-order valence-corrected chi connectivity index (χ0v) is 9.21. The van der Waals surface area contributed by atoms with Gasteiger partial charge in [-0.2, -0.15) is 0 Å². The van der Waals surface area contributed by atoms with Gasteiger partial charge < -0.3 is 9.66 Å². The summed E-state index contributed by atoms with van der Waals surface area (Å²) in [4.78, 5) is 22.1. The summed E-state index contributed by atoms with van der Waals surface area (Å²) in [6.45, 7) is 3.12. The van der Waals surface area contributed by atoms with E-state index in [1.807, 2.05) is 0 Å². The largest absolute Gasteiger partial charge is 0.613 e. The van der Waals surface area contributed by atoms with Crippen LogP contribution in [0.15, 0.2) is 0 Å². The number of carboxylic acid groups (broad SMARTS) is 1. The van der Waals surface area contributed by atoms with Crippen LogP contribution in [0.4, 0.5) is 0 Å². The van der Waals surface area contributed by atoms with Gasteiger partial charge in [0.25, 0.3) is 4.99 Å². The second kappa shape index (κ2) is 2.66. The number of fused-ring (bicyclic) bond motifs is 1. The van der Waals surface area contributed by atoms with E-state index in [0.29, 0.717) is 0 Å². The molecule has 2 aliphatic heterocycles. The van der Waals surface area contributed by atoms with Gasteiger partial charge in [0.2, 0.25) is 5.91 Å². The number of amides is 1. The number of aliphatic carboxylic acids is 1. The maximum Gasteiger partial charge on any atom is 0.332 e. The predicted molar refractivity (Wildman–Crippen MR) is 52.0 cm³/mol. The molecular formula is C8H12N2O4S. The molecule has 6 nitrogen and oxygen atoms in total. The summed E-state index contributed by atoms with van der Waals surface area (Å²) in [5.41, 5.74) is 5.79. The molecule has 2 saturated heterocycles. The van der Waals surface area contributed by atoms with Crippen molar-refractivity contribution in [2.24, 2.45) is 5.73 Å². The summed E-state index contributed by atoms with van der Waals surface area (Å²) in [5, 5.41) is 9.04. The molecule has 0 aromatic carbocycles. The molecule has 2 fully saturated rings. The number of carbonyl (C=O) groups excluding carboxylic acids is 1. The van der Waals surface area contributed by atoms with Gasteiger partial charge in [-0.1, -0.05) is 0 Å². The van der Waals surface area contributed by atoms with Gasteiger partial charge in [0.1, 0.15) is 6.42 Å². The van der Waals surface area contributed by atoms with Gasteiger partial charge in [0.15, 0.2) is 10.8 Å². The Morgan fingerprint density at radius 2 is 2.27 bits per heavy atom. The van der Waals surface area contributed by atoms with Crippen LogP contribution in [0.1, 0.15) is 20.3 Å². The molecule has 1 amide bonds. The zero-order valence-electron chi connectivity index (χ0n) is 8.39. The number of carbonyl (C=O) groups is 2. The van der Waals surface area contributed by atoms with Crippen molar-refractivity contribution in [2.45, 2.75) is 36.1 Å². The first-order chi connectivity index (χ1) is 6.73. The molecule has 0 aromatic heterocycles. The van der Waals surface area contributed by atoms with Crippen molar-refractivity contribution < 1.29 is 19.2 Å². The molecule has 0 saturated carbocycles. The van der Waals surface area contributed by atoms with Crippen LogP contribution >= 0.6 is 0 Å². The van der Waals surface area contributed by atoms with E-state index >= 15 is 0 Å². The molecule has 2 heterocycles. The van der Waals surface area contributed by atoms with Gasteiger partial charge >= 0.3 is 5.97 Å². The van der Waals surface area contributed by atoms with Crippen LogP contribution in [0, 0.1) is 0 Å². The fourth-order valence-electron chi connectivity index (χ4n) is 2.30. The van der Waals surface area contributed by atoms with E-state index in [1.54, 1.807) is 13.8 Å². The first-order valence-corrected chi connectivity index (χ1v) is 5.64. The highest BCUT2D eigenvalue weighted by Gasteiger charge is 2.75. The van der Waals surface area contributed by atoms with Crippen LogP contribution in [-0.4, -0.2) is 42.2 Å². The Morgan fingerprint density at radius 1 is 1.73 bits per heavy atom. The number of rotatable bonds is 1. The molecule has 1 unspecified atom stereocenters. The predicted octanol–water partition coefficient (Wildman–Crippen LogP) is -1.17. The summed E-state index contributed by atoms with van der Waals surface area (Å²) < 4.78 is 11.0. The highest BCUT2D eigenvalue weighted by Crippen LogP contribution is 2.50. The van der Waals surface area contributed by atoms with Crippen molar-refractivity contribution in [3.8, 4) is 0 Å². The molecule has 0 spiro atoms. The maximum absolute atomic E-state index is 12.0. The monoisotopic (exact) mass is 232 g/mol. The molecule has 2 aliphatic rings. The fourth-order valence-corrected chi connectivity index (χ4v) is 4.26. The lowest BCUT2D eigenvalue weighted by molar-refractivity contribution is -0.163. The highest BCUT2D eigenvalue weighted by molar-refractivity contribution is 7.94. The van der Waals surface area contributed by atoms with Gasteiger partial charge in [-0.15, -0.1) is 0 Å². The summed E-state index contributed by atoms with van der Waals surface area (Å²) in [6, 6.07) is -1.09. The number of carboxylic acids is 1. The van der Waals surface area contributed by atoms with E-state index < -0.39 is 32.9 Å². The highest BCUT2D eigenvalue weighted by atomic mass is 32.2. The lowest BCUT2D eigenvalue weighted by Gasteiger charge is -2.42. The third-order valence-corrected chi connectivity index (χ3v) is 5.19. The summed E-state index contributed by atoms with van der Waals surface area (Å²) in [5.74, 6) is -1.50. The molecule has 0 bridgehead atoms. The summed E-state index contributed by atoms with van der Waals surface area (Å²) in [7, 11) is 0. The molecule has 7 heteroatoms. The SMILES string of the molecule is CC1(C)[C@H](C(=O)O)N2C(=O)C[C@@]2(N)[S+]1[O-]. The minimum Gasteiger partial charge on any atom is -0.613 e. The fraction of sp³-hybridized carbons (Fsp3) is 0.750. The van der Waals surface area contributed by atoms with Crippen molar-refractivity contribution in [3.63, 3.8) is 0 Å². The Hall–Kier alpha value is -0.790. The van der Waals surface area contributed by atoms with E-state index in [1.165, 1.54) is 0 Å². The molecule has 2 rings (SSSR count). The third-order valence-electron chi connectivity index (χ3n) is 3.03. The van der Waals surface area contributed by atoms with Crippen molar-refractivity contribution >= 4 is 23.1 Å². The molecule has 3 atom stereocenters. The summed E-state index contributed by atoms with van der Waals surface area (Å²) in [6.07, 6.45) is -0.0349. The van der Waals surface area contributed by atoms with E-state index in [9.17, 15) is 14.1 Å². The van der Waals surface area contributed by atoms with E-state index in [0.717, 1.165) is 4.90 Å². The molecule has 84 valence electrons. The Morgan fingerprint density at radius 3 is 2.60 bits per heavy atom. The quantitative estimate of drug-likeness (QED) is 0.437. The first-order valence-electron chi connectivity index (χ1n) is 4.49. The van der Waals surface area contributed by atoms with Gasteiger partial charge in [-0.3, -0.25) is 15.4 Å². The molecule has 15 heavy (non-hydrogen) atoms. The number of nitrogens with two attached hydrogens (primary N) is 1. The van der Waals surface area contributed by atoms with Crippen LogP contribution in [0.25, 0.3) is 0 Å². The topological polar surface area (TPSA) is 107 Å². The standard InChI is InChI=1S/C8H12N2O4S/c1-7(2)5(6(12)13)10-4(11)3-8(10,9)15(7)14/h5H,3,9H2,1-2H3,(H,12,13)/t5-,8-,15?/m0/s1. The van der Waals surface area contributed by atoms with Gasteiger partial charge in [-0.25, -0.2) is 4.79 Å². The average molecular weight is 232 g/mol. The number of hydrogen-bond acceptors (Lipinski definition) is 4. The van der Waals surface area contributed by atoms with Crippen LogP contribution in [0.3, 0.4) is 0 Å². The summed E-state index contributed by atoms with van der Waals surface area (Å²) >= 11 is -1.56. The van der Waals surface area contributed by atoms with Crippen LogP contribution in [0.5, 0.6) is 0 Å². The van der Waals surface area contributed by atoms with Gasteiger partial charge in [0, 0.05) is 0 Å². The Kier molecular flexibility index (Phi) is 1.90. The van der Waals surface area contributed by atoms with Gasteiger partial charge in [-0.05, 0) is 25.0 Å².